The molecule has 1 aromatic heterocycles. The molecule has 3 aromatic rings. The Hall–Kier alpha value is -3.59. The number of nitrogens with zero attached hydrogens (tertiary/aromatic N) is 1. The minimum absolute atomic E-state index is 0.0410. The number of hydrogen-bond acceptors (Lipinski definition) is 6. The highest BCUT2D eigenvalue weighted by molar-refractivity contribution is 7.91. The van der Waals surface area contributed by atoms with Crippen molar-refractivity contribution in [3.05, 3.63) is 70.1 Å². The van der Waals surface area contributed by atoms with Crippen molar-refractivity contribution in [2.45, 2.75) is 76.3 Å². The van der Waals surface area contributed by atoms with E-state index in [2.05, 4.69) is 5.32 Å². The quantitative estimate of drug-likeness (QED) is 0.361. The molecule has 41 heavy (non-hydrogen) atoms. The number of sulfone groups is 1. The van der Waals surface area contributed by atoms with Gasteiger partial charge in [0.2, 0.25) is 5.91 Å². The molecular weight excluding hydrogens is 540 g/mol. The number of amides is 1. The fourth-order valence-electron chi connectivity index (χ4n) is 5.32. The second kappa shape index (κ2) is 11.7. The lowest BCUT2D eigenvalue weighted by molar-refractivity contribution is -0.123. The molecule has 2 aromatic carbocycles. The molecule has 0 saturated heterocycles. The molecule has 2 aliphatic rings. The SMILES string of the molecule is CCS(=O)(=O)c1ccc(Oc2c(C)cccc2C)c(-c2cn(C)c(=O)cc2OC2CCC(NC(=O)C3CC3)CC2)c1. The van der Waals surface area contributed by atoms with E-state index in [4.69, 9.17) is 9.47 Å². The van der Waals surface area contributed by atoms with Crippen LogP contribution in [0.1, 0.15) is 56.6 Å². The van der Waals surface area contributed by atoms with Gasteiger partial charge in [0.15, 0.2) is 9.84 Å². The molecule has 1 amide bonds. The summed E-state index contributed by atoms with van der Waals surface area (Å²) in [6, 6.07) is 12.3. The van der Waals surface area contributed by atoms with Crippen molar-refractivity contribution in [1.29, 1.82) is 0 Å². The molecule has 8 nitrogen and oxygen atoms in total. The zero-order valence-electron chi connectivity index (χ0n) is 24.1. The van der Waals surface area contributed by atoms with Crippen LogP contribution >= 0.6 is 0 Å². The van der Waals surface area contributed by atoms with E-state index >= 15 is 0 Å². The van der Waals surface area contributed by atoms with E-state index in [9.17, 15) is 18.0 Å². The van der Waals surface area contributed by atoms with E-state index < -0.39 is 9.84 Å². The van der Waals surface area contributed by atoms with Crippen molar-refractivity contribution < 1.29 is 22.7 Å². The molecule has 1 N–H and O–H groups in total. The molecule has 2 saturated carbocycles. The number of pyridine rings is 1. The minimum atomic E-state index is -3.51. The first-order valence-corrected chi connectivity index (χ1v) is 16.0. The van der Waals surface area contributed by atoms with Gasteiger partial charge < -0.3 is 19.4 Å². The van der Waals surface area contributed by atoms with E-state index in [0.717, 1.165) is 49.7 Å². The number of carbonyl (C=O) groups excluding carboxylic acids is 1. The maximum atomic E-state index is 12.9. The molecule has 0 atom stereocenters. The number of carbonyl (C=O) groups is 1. The van der Waals surface area contributed by atoms with Crippen molar-refractivity contribution >= 4 is 15.7 Å². The second-order valence-electron chi connectivity index (χ2n) is 11.3. The van der Waals surface area contributed by atoms with Crippen molar-refractivity contribution in [3.63, 3.8) is 0 Å². The third-order valence-corrected chi connectivity index (χ3v) is 9.79. The zero-order valence-corrected chi connectivity index (χ0v) is 24.9. The lowest BCUT2D eigenvalue weighted by Gasteiger charge is -2.30. The third-order valence-electron chi connectivity index (χ3n) is 8.05. The molecular formula is C32H38N2O6S. The highest BCUT2D eigenvalue weighted by atomic mass is 32.2. The monoisotopic (exact) mass is 578 g/mol. The van der Waals surface area contributed by atoms with Crippen LogP contribution in [0, 0.1) is 19.8 Å². The van der Waals surface area contributed by atoms with E-state index in [1.165, 1.54) is 10.6 Å². The Morgan fingerprint density at radius 2 is 1.63 bits per heavy atom. The molecule has 1 heterocycles. The summed E-state index contributed by atoms with van der Waals surface area (Å²) in [5, 5.41) is 3.16. The minimum Gasteiger partial charge on any atom is -0.490 e. The molecule has 2 fully saturated rings. The molecule has 9 heteroatoms. The standard InChI is InChI=1S/C32H38N2O6S/c1-5-41(37,38)25-15-16-28(40-31-20(2)7-6-8-21(31)3)26(17-25)27-19-34(4)30(35)18-29(27)39-24-13-11-23(12-14-24)33-32(36)22-9-10-22/h6-8,15-19,22-24H,5,9-14H2,1-4H3,(H,33,36). The Balaban J connectivity index is 1.50. The van der Waals surface area contributed by atoms with Crippen LogP contribution in [0.3, 0.4) is 0 Å². The zero-order chi connectivity index (χ0) is 29.3. The number of aryl methyl sites for hydroxylation is 3. The van der Waals surface area contributed by atoms with Crippen LogP contribution in [0.4, 0.5) is 0 Å². The summed E-state index contributed by atoms with van der Waals surface area (Å²) in [6.45, 7) is 5.53. The van der Waals surface area contributed by atoms with Crippen molar-refractivity contribution in [2.24, 2.45) is 13.0 Å². The summed E-state index contributed by atoms with van der Waals surface area (Å²) in [7, 11) is -1.86. The Labute approximate surface area is 241 Å². The van der Waals surface area contributed by atoms with Gasteiger partial charge in [-0.1, -0.05) is 25.1 Å². The van der Waals surface area contributed by atoms with Crippen LogP contribution < -0.4 is 20.3 Å². The fraction of sp³-hybridized carbons (Fsp3) is 0.438. The largest absolute Gasteiger partial charge is 0.490 e. The number of hydrogen-bond donors (Lipinski definition) is 1. The smallest absolute Gasteiger partial charge is 0.254 e. The van der Waals surface area contributed by atoms with Gasteiger partial charge in [-0.2, -0.15) is 0 Å². The molecule has 2 aliphatic carbocycles. The Bertz CT molecular complexity index is 1600. The van der Waals surface area contributed by atoms with Gasteiger partial charge in [-0.3, -0.25) is 9.59 Å². The second-order valence-corrected chi connectivity index (χ2v) is 13.5. The lowest BCUT2D eigenvalue weighted by Crippen LogP contribution is -2.40. The number of rotatable bonds is 9. The Morgan fingerprint density at radius 3 is 2.27 bits per heavy atom. The van der Waals surface area contributed by atoms with Crippen molar-refractivity contribution in [1.82, 2.24) is 9.88 Å². The molecule has 0 radical (unpaired) electrons. The third kappa shape index (κ3) is 6.50. The Morgan fingerprint density at radius 1 is 0.951 bits per heavy atom. The van der Waals surface area contributed by atoms with Crippen molar-refractivity contribution in [2.75, 3.05) is 5.75 Å². The normalized spacial score (nSPS) is 19.0. The van der Waals surface area contributed by atoms with E-state index in [-0.39, 0.29) is 40.2 Å². The highest BCUT2D eigenvalue weighted by Gasteiger charge is 2.32. The first-order chi connectivity index (χ1) is 19.6. The summed E-state index contributed by atoms with van der Waals surface area (Å²) in [5.41, 5.74) is 2.76. The summed E-state index contributed by atoms with van der Waals surface area (Å²) < 4.78 is 40.1. The number of ether oxygens (including phenoxy) is 2. The van der Waals surface area contributed by atoms with Crippen LogP contribution in [0.2, 0.25) is 0 Å². The predicted octanol–water partition coefficient (Wildman–Crippen LogP) is 5.47. The van der Waals surface area contributed by atoms with Gasteiger partial charge in [0.1, 0.15) is 17.2 Å². The average Bonchev–Trinajstić information content (AvgIpc) is 3.80. The van der Waals surface area contributed by atoms with Gasteiger partial charge in [-0.25, -0.2) is 8.42 Å². The highest BCUT2D eigenvalue weighted by Crippen LogP contribution is 2.41. The van der Waals surface area contributed by atoms with Crippen molar-refractivity contribution in [3.8, 4) is 28.4 Å². The summed E-state index contributed by atoms with van der Waals surface area (Å²) in [5.74, 6) is 1.84. The lowest BCUT2D eigenvalue weighted by atomic mass is 9.92. The van der Waals surface area contributed by atoms with E-state index in [1.807, 2.05) is 32.0 Å². The van der Waals surface area contributed by atoms with Crippen LogP contribution in [-0.2, 0) is 21.7 Å². The van der Waals surface area contributed by atoms with E-state index in [0.29, 0.717) is 28.4 Å². The summed E-state index contributed by atoms with van der Waals surface area (Å²) in [4.78, 5) is 25.1. The fourth-order valence-corrected chi connectivity index (χ4v) is 6.23. The number of nitrogens with one attached hydrogen (secondary N) is 1. The molecule has 0 bridgehead atoms. The number of aromatic nitrogens is 1. The molecule has 0 aliphatic heterocycles. The molecule has 0 spiro atoms. The van der Waals surface area contributed by atoms with Gasteiger partial charge in [0.05, 0.1) is 16.8 Å². The average molecular weight is 579 g/mol. The first-order valence-electron chi connectivity index (χ1n) is 14.3. The van der Waals surface area contributed by atoms with Gasteiger partial charge in [-0.05, 0) is 81.7 Å². The van der Waals surface area contributed by atoms with Crippen LogP contribution in [-0.4, -0.2) is 36.8 Å². The van der Waals surface area contributed by atoms with E-state index in [1.54, 1.807) is 38.4 Å². The molecule has 0 unspecified atom stereocenters. The maximum absolute atomic E-state index is 12.9. The van der Waals surface area contributed by atoms with Gasteiger partial charge >= 0.3 is 0 Å². The van der Waals surface area contributed by atoms with Gasteiger partial charge in [0, 0.05) is 42.4 Å². The predicted molar refractivity (Wildman–Crippen MR) is 158 cm³/mol. The van der Waals surface area contributed by atoms with Gasteiger partial charge in [0.25, 0.3) is 5.56 Å². The van der Waals surface area contributed by atoms with Crippen LogP contribution in [0.25, 0.3) is 11.1 Å². The first kappa shape index (κ1) is 28.9. The number of para-hydroxylation sites is 1. The molecule has 218 valence electrons. The van der Waals surface area contributed by atoms with Crippen LogP contribution in [0.5, 0.6) is 17.2 Å². The summed E-state index contributed by atoms with van der Waals surface area (Å²) in [6.07, 6.45) is 6.57. The molecule has 5 rings (SSSR count). The topological polar surface area (TPSA) is 104 Å². The maximum Gasteiger partial charge on any atom is 0.254 e. The number of benzene rings is 2. The Kier molecular flexibility index (Phi) is 8.27. The van der Waals surface area contributed by atoms with Crippen LogP contribution in [0.15, 0.2) is 58.4 Å². The van der Waals surface area contributed by atoms with Gasteiger partial charge in [-0.15, -0.1) is 0 Å². The summed E-state index contributed by atoms with van der Waals surface area (Å²) >= 11 is 0.